The first kappa shape index (κ1) is 16.2. The minimum absolute atomic E-state index is 0.105. The number of hydrogen-bond acceptors (Lipinski definition) is 3. The van der Waals surface area contributed by atoms with Crippen molar-refractivity contribution in [2.75, 3.05) is 12.0 Å². The average Bonchev–Trinajstić information content (AvgIpc) is 3.27. The van der Waals surface area contributed by atoms with Crippen molar-refractivity contribution in [3.8, 4) is 0 Å². The van der Waals surface area contributed by atoms with Crippen LogP contribution in [0.3, 0.4) is 0 Å². The lowest BCUT2D eigenvalue weighted by atomic mass is 10.1. The molecule has 4 nitrogen and oxygen atoms in total. The van der Waals surface area contributed by atoms with Crippen LogP contribution < -0.4 is 10.6 Å². The zero-order valence-corrected chi connectivity index (χ0v) is 13.5. The van der Waals surface area contributed by atoms with Gasteiger partial charge in [-0.1, -0.05) is 23.7 Å². The molecule has 0 bridgehead atoms. The van der Waals surface area contributed by atoms with Crippen molar-refractivity contribution in [3.63, 3.8) is 0 Å². The summed E-state index contributed by atoms with van der Waals surface area (Å²) < 4.78 is 0. The molecule has 0 radical (unpaired) electrons. The van der Waals surface area contributed by atoms with E-state index in [1.54, 1.807) is 36.0 Å². The van der Waals surface area contributed by atoms with Crippen LogP contribution in [0.1, 0.15) is 29.6 Å². The largest absolute Gasteiger partial charge is 0.352 e. The molecular formula is C15H19ClN2O2S. The number of halogens is 1. The summed E-state index contributed by atoms with van der Waals surface area (Å²) in [5, 5.41) is 6.12. The fourth-order valence-electron chi connectivity index (χ4n) is 1.92. The van der Waals surface area contributed by atoms with Crippen LogP contribution in [0.4, 0.5) is 0 Å². The van der Waals surface area contributed by atoms with E-state index in [4.69, 9.17) is 11.6 Å². The van der Waals surface area contributed by atoms with Gasteiger partial charge in [-0.2, -0.15) is 11.8 Å². The smallest absolute Gasteiger partial charge is 0.253 e. The van der Waals surface area contributed by atoms with Gasteiger partial charge in [0.2, 0.25) is 5.91 Å². The number of rotatable bonds is 7. The molecule has 0 heterocycles. The van der Waals surface area contributed by atoms with Crippen molar-refractivity contribution in [2.24, 2.45) is 0 Å². The molecule has 114 valence electrons. The van der Waals surface area contributed by atoms with E-state index in [2.05, 4.69) is 10.6 Å². The van der Waals surface area contributed by atoms with Crippen LogP contribution in [0, 0.1) is 0 Å². The summed E-state index contributed by atoms with van der Waals surface area (Å²) in [6, 6.07) is 6.61. The molecule has 6 heteroatoms. The maximum atomic E-state index is 12.3. The first-order valence-electron chi connectivity index (χ1n) is 6.96. The number of thioether (sulfide) groups is 1. The molecule has 1 fully saturated rings. The summed E-state index contributed by atoms with van der Waals surface area (Å²) in [4.78, 5) is 24.4. The molecule has 1 atom stereocenters. The molecule has 0 spiro atoms. The van der Waals surface area contributed by atoms with Crippen molar-refractivity contribution in [1.82, 2.24) is 10.6 Å². The van der Waals surface area contributed by atoms with E-state index in [-0.39, 0.29) is 17.9 Å². The van der Waals surface area contributed by atoms with Crippen molar-refractivity contribution < 1.29 is 9.59 Å². The highest BCUT2D eigenvalue weighted by Crippen LogP contribution is 2.19. The molecule has 21 heavy (non-hydrogen) atoms. The molecule has 2 rings (SSSR count). The minimum Gasteiger partial charge on any atom is -0.352 e. The second-order valence-corrected chi connectivity index (χ2v) is 6.46. The van der Waals surface area contributed by atoms with E-state index in [0.29, 0.717) is 17.0 Å². The summed E-state index contributed by atoms with van der Waals surface area (Å²) in [6.45, 7) is 0. The van der Waals surface area contributed by atoms with Gasteiger partial charge < -0.3 is 10.6 Å². The third-order valence-electron chi connectivity index (χ3n) is 3.27. The number of benzene rings is 1. The van der Waals surface area contributed by atoms with Gasteiger partial charge in [-0.25, -0.2) is 0 Å². The molecule has 1 aromatic rings. The van der Waals surface area contributed by atoms with Crippen molar-refractivity contribution in [3.05, 3.63) is 34.9 Å². The SMILES string of the molecule is CSCC[C@H](NC(=O)c1ccccc1Cl)C(=O)NC1CC1. The lowest BCUT2D eigenvalue weighted by Crippen LogP contribution is -2.47. The lowest BCUT2D eigenvalue weighted by Gasteiger charge is -2.18. The van der Waals surface area contributed by atoms with Crippen LogP contribution >= 0.6 is 23.4 Å². The molecule has 1 aromatic carbocycles. The van der Waals surface area contributed by atoms with Gasteiger partial charge in [0.1, 0.15) is 6.04 Å². The fraction of sp³-hybridized carbons (Fsp3) is 0.467. The fourth-order valence-corrected chi connectivity index (χ4v) is 2.61. The minimum atomic E-state index is -0.512. The van der Waals surface area contributed by atoms with E-state index in [1.807, 2.05) is 6.26 Å². The topological polar surface area (TPSA) is 58.2 Å². The Hall–Kier alpha value is -1.20. The third kappa shape index (κ3) is 4.93. The highest BCUT2D eigenvalue weighted by Gasteiger charge is 2.28. The Morgan fingerprint density at radius 3 is 2.71 bits per heavy atom. The van der Waals surface area contributed by atoms with Crippen LogP contribution in [0.15, 0.2) is 24.3 Å². The lowest BCUT2D eigenvalue weighted by molar-refractivity contribution is -0.123. The highest BCUT2D eigenvalue weighted by molar-refractivity contribution is 7.98. The molecule has 1 aliphatic rings. The Morgan fingerprint density at radius 1 is 1.38 bits per heavy atom. The Morgan fingerprint density at radius 2 is 2.10 bits per heavy atom. The van der Waals surface area contributed by atoms with E-state index in [0.717, 1.165) is 18.6 Å². The number of carbonyl (C=O) groups excluding carboxylic acids is 2. The second kappa shape index (κ2) is 7.71. The van der Waals surface area contributed by atoms with Crippen LogP contribution in [-0.2, 0) is 4.79 Å². The van der Waals surface area contributed by atoms with Gasteiger partial charge >= 0.3 is 0 Å². The van der Waals surface area contributed by atoms with Crippen LogP contribution in [0.5, 0.6) is 0 Å². The van der Waals surface area contributed by atoms with Gasteiger partial charge in [0, 0.05) is 6.04 Å². The summed E-state index contributed by atoms with van der Waals surface area (Å²) in [5.41, 5.74) is 0.396. The van der Waals surface area contributed by atoms with Gasteiger partial charge in [0.25, 0.3) is 5.91 Å². The quantitative estimate of drug-likeness (QED) is 0.809. The van der Waals surface area contributed by atoms with Gasteiger partial charge in [0.05, 0.1) is 10.6 Å². The van der Waals surface area contributed by atoms with Gasteiger partial charge in [-0.05, 0) is 43.4 Å². The van der Waals surface area contributed by atoms with E-state index < -0.39 is 6.04 Å². The molecular weight excluding hydrogens is 308 g/mol. The summed E-state index contributed by atoms with van der Waals surface area (Å²) in [7, 11) is 0. The Labute approximate surface area is 134 Å². The normalized spacial score (nSPS) is 15.3. The number of hydrogen-bond donors (Lipinski definition) is 2. The maximum absolute atomic E-state index is 12.3. The Kier molecular flexibility index (Phi) is 5.94. The summed E-state index contributed by atoms with van der Waals surface area (Å²) >= 11 is 7.67. The first-order chi connectivity index (χ1) is 10.1. The zero-order chi connectivity index (χ0) is 15.2. The molecule has 2 amide bonds. The molecule has 1 saturated carbocycles. The first-order valence-corrected chi connectivity index (χ1v) is 8.73. The number of nitrogens with one attached hydrogen (secondary N) is 2. The molecule has 1 aliphatic carbocycles. The molecule has 2 N–H and O–H groups in total. The molecule has 0 aliphatic heterocycles. The Balaban J connectivity index is 2.01. The summed E-state index contributed by atoms with van der Waals surface area (Å²) in [5.74, 6) is 0.399. The van der Waals surface area contributed by atoms with Crippen molar-refractivity contribution in [1.29, 1.82) is 0 Å². The van der Waals surface area contributed by atoms with Crippen molar-refractivity contribution in [2.45, 2.75) is 31.3 Å². The zero-order valence-electron chi connectivity index (χ0n) is 11.9. The van der Waals surface area contributed by atoms with E-state index in [1.165, 1.54) is 0 Å². The monoisotopic (exact) mass is 326 g/mol. The molecule has 0 aromatic heterocycles. The van der Waals surface area contributed by atoms with Gasteiger partial charge in [-0.3, -0.25) is 9.59 Å². The van der Waals surface area contributed by atoms with E-state index >= 15 is 0 Å². The molecule has 0 unspecified atom stereocenters. The summed E-state index contributed by atoms with van der Waals surface area (Å²) in [6.07, 6.45) is 4.64. The Bertz CT molecular complexity index is 520. The van der Waals surface area contributed by atoms with E-state index in [9.17, 15) is 9.59 Å². The van der Waals surface area contributed by atoms with Gasteiger partial charge in [0.15, 0.2) is 0 Å². The average molecular weight is 327 g/mol. The number of amides is 2. The maximum Gasteiger partial charge on any atom is 0.253 e. The van der Waals surface area contributed by atoms with Crippen LogP contribution in [-0.4, -0.2) is 35.9 Å². The predicted octanol–water partition coefficient (Wildman–Crippen LogP) is 2.47. The standard InChI is InChI=1S/C15H19ClN2O2S/c1-21-9-8-13(15(20)17-10-6-7-10)18-14(19)11-4-2-3-5-12(11)16/h2-5,10,13H,6-9H2,1H3,(H,17,20)(H,18,19)/t13-/m0/s1. The molecule has 0 saturated heterocycles. The van der Waals surface area contributed by atoms with Gasteiger partial charge in [-0.15, -0.1) is 0 Å². The number of carbonyl (C=O) groups is 2. The third-order valence-corrected chi connectivity index (χ3v) is 4.25. The predicted molar refractivity (Wildman–Crippen MR) is 86.9 cm³/mol. The highest BCUT2D eigenvalue weighted by atomic mass is 35.5. The second-order valence-electron chi connectivity index (χ2n) is 5.07. The van der Waals surface area contributed by atoms with Crippen LogP contribution in [0.2, 0.25) is 5.02 Å². The van der Waals surface area contributed by atoms with Crippen LogP contribution in [0.25, 0.3) is 0 Å². The van der Waals surface area contributed by atoms with Crippen molar-refractivity contribution >= 4 is 35.2 Å².